The molecule has 4 nitrogen and oxygen atoms in total. The van der Waals surface area contributed by atoms with E-state index in [1.807, 2.05) is 32.0 Å². The summed E-state index contributed by atoms with van der Waals surface area (Å²) in [6.45, 7) is 10.4. The predicted molar refractivity (Wildman–Crippen MR) is 95.7 cm³/mol. The van der Waals surface area contributed by atoms with E-state index < -0.39 is 0 Å². The lowest BCUT2D eigenvalue weighted by molar-refractivity contribution is -0.675. The van der Waals surface area contributed by atoms with E-state index in [9.17, 15) is 4.79 Å². The number of nitrogens with zero attached hydrogens (tertiary/aromatic N) is 1. The van der Waals surface area contributed by atoms with Gasteiger partial charge in [-0.05, 0) is 31.0 Å². The van der Waals surface area contributed by atoms with Gasteiger partial charge in [0.2, 0.25) is 5.91 Å². The van der Waals surface area contributed by atoms with Crippen LogP contribution < -0.4 is 10.6 Å². The summed E-state index contributed by atoms with van der Waals surface area (Å²) >= 11 is 1.56. The summed E-state index contributed by atoms with van der Waals surface area (Å²) in [4.78, 5) is 16.8. The Morgan fingerprint density at radius 1 is 1.35 bits per heavy atom. The zero-order valence-electron chi connectivity index (χ0n) is 14.3. The monoisotopic (exact) mass is 332 g/mol. The Hall–Kier alpha value is -1.72. The van der Waals surface area contributed by atoms with Gasteiger partial charge < -0.3 is 10.6 Å². The lowest BCUT2D eigenvalue weighted by atomic mass is 10.1. The molecule has 0 saturated carbocycles. The number of hydrogen-bond acceptors (Lipinski definition) is 3. The van der Waals surface area contributed by atoms with Crippen LogP contribution in [-0.2, 0) is 17.8 Å². The summed E-state index contributed by atoms with van der Waals surface area (Å²) in [5.74, 6) is 0.669. The molecular formula is C18H26N3OS+. The summed E-state index contributed by atoms with van der Waals surface area (Å²) in [7, 11) is 0. The molecule has 2 aromatic rings. The normalized spacial score (nSPS) is 11.0. The van der Waals surface area contributed by atoms with E-state index in [1.165, 1.54) is 0 Å². The minimum absolute atomic E-state index is 0.00856. The smallest absolute Gasteiger partial charge is 0.231 e. The van der Waals surface area contributed by atoms with Crippen LogP contribution in [0.1, 0.15) is 35.7 Å². The van der Waals surface area contributed by atoms with Crippen molar-refractivity contribution in [3.05, 3.63) is 45.4 Å². The first kappa shape index (κ1) is 17.6. The van der Waals surface area contributed by atoms with Crippen molar-refractivity contribution in [2.75, 3.05) is 11.9 Å². The van der Waals surface area contributed by atoms with Crippen LogP contribution in [0.2, 0.25) is 0 Å². The molecule has 1 amide bonds. The van der Waals surface area contributed by atoms with Crippen molar-refractivity contribution < 1.29 is 10.1 Å². The number of thiazole rings is 1. The summed E-state index contributed by atoms with van der Waals surface area (Å²) in [5, 5.41) is 8.18. The Balaban J connectivity index is 1.88. The number of carbonyl (C=O) groups excluding carboxylic acids is 1. The highest BCUT2D eigenvalue weighted by Crippen LogP contribution is 2.17. The van der Waals surface area contributed by atoms with Crippen molar-refractivity contribution in [2.24, 2.45) is 5.92 Å². The second-order valence-corrected chi connectivity index (χ2v) is 7.34. The zero-order valence-corrected chi connectivity index (χ0v) is 15.2. The molecule has 23 heavy (non-hydrogen) atoms. The molecule has 1 aromatic carbocycles. The fourth-order valence-corrected chi connectivity index (χ4v) is 3.10. The number of aromatic nitrogens is 1. The number of carbonyl (C=O) groups is 1. The summed E-state index contributed by atoms with van der Waals surface area (Å²) in [5.41, 5.74) is 4.16. The first-order chi connectivity index (χ1) is 10.9. The van der Waals surface area contributed by atoms with Crippen LogP contribution in [0, 0.1) is 19.8 Å². The van der Waals surface area contributed by atoms with E-state index in [0.29, 0.717) is 12.3 Å². The minimum Gasteiger partial charge on any atom is -0.341 e. The quantitative estimate of drug-likeness (QED) is 0.819. The number of aryl methyl sites for hydroxylation is 2. The highest BCUT2D eigenvalue weighted by atomic mass is 32.1. The molecule has 0 aliphatic carbocycles. The van der Waals surface area contributed by atoms with Crippen LogP contribution in [0.4, 0.5) is 5.69 Å². The van der Waals surface area contributed by atoms with Gasteiger partial charge in [0.25, 0.3) is 0 Å². The molecule has 0 bridgehead atoms. The van der Waals surface area contributed by atoms with Gasteiger partial charge in [-0.1, -0.05) is 26.0 Å². The third-order valence-corrected chi connectivity index (χ3v) is 4.47. The SMILES string of the molecule is Cc1ccc(C)c(NC(=O)Cc2nc(C[NH2+]CC(C)C)cs2)c1. The zero-order chi connectivity index (χ0) is 16.8. The number of anilines is 1. The molecule has 0 unspecified atom stereocenters. The van der Waals surface area contributed by atoms with Gasteiger partial charge in [-0.25, -0.2) is 4.98 Å². The molecule has 0 atom stereocenters. The van der Waals surface area contributed by atoms with Gasteiger partial charge in [0.15, 0.2) is 0 Å². The average Bonchev–Trinajstić information content (AvgIpc) is 2.90. The highest BCUT2D eigenvalue weighted by Gasteiger charge is 2.10. The molecule has 0 aliphatic heterocycles. The number of quaternary nitrogens is 1. The number of hydrogen-bond donors (Lipinski definition) is 2. The van der Waals surface area contributed by atoms with Gasteiger partial charge in [0.1, 0.15) is 17.2 Å². The van der Waals surface area contributed by atoms with E-state index in [2.05, 4.69) is 34.8 Å². The molecule has 0 aliphatic rings. The van der Waals surface area contributed by atoms with E-state index in [1.54, 1.807) is 11.3 Å². The molecule has 124 valence electrons. The first-order valence-electron chi connectivity index (χ1n) is 8.06. The topological polar surface area (TPSA) is 58.6 Å². The Labute approximate surface area is 142 Å². The fourth-order valence-electron chi connectivity index (χ4n) is 2.29. The molecule has 0 saturated heterocycles. The van der Waals surface area contributed by atoms with E-state index in [4.69, 9.17) is 0 Å². The highest BCUT2D eigenvalue weighted by molar-refractivity contribution is 7.09. The van der Waals surface area contributed by atoms with Crippen LogP contribution in [0.25, 0.3) is 0 Å². The second kappa shape index (κ2) is 8.22. The predicted octanol–water partition coefficient (Wildman–Crippen LogP) is 2.66. The number of nitrogens with one attached hydrogen (secondary N) is 1. The lowest BCUT2D eigenvalue weighted by Crippen LogP contribution is -2.83. The van der Waals surface area contributed by atoms with Crippen molar-refractivity contribution in [1.82, 2.24) is 4.98 Å². The van der Waals surface area contributed by atoms with Gasteiger partial charge in [0.05, 0.1) is 13.0 Å². The Morgan fingerprint density at radius 3 is 2.87 bits per heavy atom. The Bertz CT molecular complexity index is 664. The number of amides is 1. The molecule has 1 aromatic heterocycles. The maximum absolute atomic E-state index is 12.2. The molecule has 3 N–H and O–H groups in total. The van der Waals surface area contributed by atoms with Crippen molar-refractivity contribution >= 4 is 22.9 Å². The van der Waals surface area contributed by atoms with Gasteiger partial charge in [-0.2, -0.15) is 0 Å². The third kappa shape index (κ3) is 5.77. The molecule has 0 radical (unpaired) electrons. The van der Waals surface area contributed by atoms with Crippen LogP contribution in [-0.4, -0.2) is 17.4 Å². The van der Waals surface area contributed by atoms with Crippen molar-refractivity contribution in [2.45, 2.75) is 40.7 Å². The van der Waals surface area contributed by atoms with E-state index >= 15 is 0 Å². The molecule has 0 fully saturated rings. The molecule has 1 heterocycles. The lowest BCUT2D eigenvalue weighted by Gasteiger charge is -2.08. The fraction of sp³-hybridized carbons (Fsp3) is 0.444. The Kier molecular flexibility index (Phi) is 6.30. The number of nitrogens with two attached hydrogens (primary N) is 1. The molecular weight excluding hydrogens is 306 g/mol. The molecule has 5 heteroatoms. The van der Waals surface area contributed by atoms with Crippen LogP contribution >= 0.6 is 11.3 Å². The van der Waals surface area contributed by atoms with Crippen LogP contribution in [0.5, 0.6) is 0 Å². The maximum Gasteiger partial charge on any atom is 0.231 e. The van der Waals surface area contributed by atoms with Gasteiger partial charge in [-0.3, -0.25) is 4.79 Å². The molecule has 2 rings (SSSR count). The van der Waals surface area contributed by atoms with Crippen molar-refractivity contribution in [1.29, 1.82) is 0 Å². The average molecular weight is 332 g/mol. The number of rotatable bonds is 7. The van der Waals surface area contributed by atoms with Crippen molar-refractivity contribution in [3.63, 3.8) is 0 Å². The maximum atomic E-state index is 12.2. The van der Waals surface area contributed by atoms with Gasteiger partial charge in [0, 0.05) is 17.0 Å². The standard InChI is InChI=1S/C18H25N3OS/c1-12(2)9-19-10-15-11-23-18(20-15)8-17(22)21-16-7-13(3)5-6-14(16)4/h5-7,11-12,19H,8-10H2,1-4H3,(H,21,22)/p+1. The van der Waals surface area contributed by atoms with E-state index in [0.717, 1.165) is 40.6 Å². The van der Waals surface area contributed by atoms with Gasteiger partial charge in [-0.15, -0.1) is 11.3 Å². The second-order valence-electron chi connectivity index (χ2n) is 6.40. The largest absolute Gasteiger partial charge is 0.341 e. The van der Waals surface area contributed by atoms with Crippen LogP contribution in [0.15, 0.2) is 23.6 Å². The van der Waals surface area contributed by atoms with E-state index in [-0.39, 0.29) is 5.91 Å². The van der Waals surface area contributed by atoms with Crippen molar-refractivity contribution in [3.8, 4) is 0 Å². The third-order valence-electron chi connectivity index (χ3n) is 3.57. The summed E-state index contributed by atoms with van der Waals surface area (Å²) in [6.07, 6.45) is 0.336. The summed E-state index contributed by atoms with van der Waals surface area (Å²) in [6, 6.07) is 6.07. The summed E-state index contributed by atoms with van der Waals surface area (Å²) < 4.78 is 0. The minimum atomic E-state index is -0.00856. The van der Waals surface area contributed by atoms with Gasteiger partial charge >= 0.3 is 0 Å². The first-order valence-corrected chi connectivity index (χ1v) is 8.94. The number of benzene rings is 1. The molecule has 0 spiro atoms. The Morgan fingerprint density at radius 2 is 2.13 bits per heavy atom. The van der Waals surface area contributed by atoms with Crippen LogP contribution in [0.3, 0.4) is 0 Å².